The van der Waals surface area contributed by atoms with Gasteiger partial charge < -0.3 is 20.7 Å². The van der Waals surface area contributed by atoms with Crippen LogP contribution in [0.2, 0.25) is 0 Å². The SMILES string of the molecule is NC1CCOc2c1ccc(O)c2CO. The van der Waals surface area contributed by atoms with E-state index in [2.05, 4.69) is 0 Å². The van der Waals surface area contributed by atoms with Gasteiger partial charge in [0.05, 0.1) is 18.8 Å². The number of benzene rings is 1. The smallest absolute Gasteiger partial charge is 0.133 e. The average molecular weight is 195 g/mol. The highest BCUT2D eigenvalue weighted by molar-refractivity contribution is 5.51. The van der Waals surface area contributed by atoms with Crippen LogP contribution >= 0.6 is 0 Å². The van der Waals surface area contributed by atoms with Crippen LogP contribution in [-0.4, -0.2) is 16.8 Å². The summed E-state index contributed by atoms with van der Waals surface area (Å²) in [5.41, 5.74) is 7.16. The number of aromatic hydroxyl groups is 1. The van der Waals surface area contributed by atoms with Gasteiger partial charge in [-0.05, 0) is 6.07 Å². The molecule has 2 rings (SSSR count). The van der Waals surface area contributed by atoms with Gasteiger partial charge in [0.2, 0.25) is 0 Å². The van der Waals surface area contributed by atoms with Crippen molar-refractivity contribution in [3.8, 4) is 11.5 Å². The highest BCUT2D eigenvalue weighted by Gasteiger charge is 2.22. The normalized spacial score (nSPS) is 20.0. The lowest BCUT2D eigenvalue weighted by molar-refractivity contribution is 0.237. The van der Waals surface area contributed by atoms with Gasteiger partial charge in [0.25, 0.3) is 0 Å². The molecule has 76 valence electrons. The summed E-state index contributed by atoms with van der Waals surface area (Å²) in [4.78, 5) is 0. The molecule has 0 radical (unpaired) electrons. The van der Waals surface area contributed by atoms with Crippen molar-refractivity contribution in [2.24, 2.45) is 5.73 Å². The quantitative estimate of drug-likeness (QED) is 0.615. The summed E-state index contributed by atoms with van der Waals surface area (Å²) in [5, 5.41) is 18.6. The first-order valence-corrected chi connectivity index (χ1v) is 4.58. The number of aliphatic hydroxyl groups excluding tert-OH is 1. The summed E-state index contributed by atoms with van der Waals surface area (Å²) in [6.45, 7) is 0.298. The van der Waals surface area contributed by atoms with Gasteiger partial charge in [0.15, 0.2) is 0 Å². The fourth-order valence-electron chi connectivity index (χ4n) is 1.69. The number of ether oxygens (including phenoxy) is 1. The second-order valence-electron chi connectivity index (χ2n) is 3.38. The summed E-state index contributed by atoms with van der Waals surface area (Å²) in [5.74, 6) is 0.603. The molecule has 0 saturated carbocycles. The van der Waals surface area contributed by atoms with Gasteiger partial charge in [-0.1, -0.05) is 6.07 Å². The molecule has 1 aromatic carbocycles. The molecular formula is C10H13NO3. The van der Waals surface area contributed by atoms with E-state index < -0.39 is 0 Å². The van der Waals surface area contributed by atoms with E-state index in [0.29, 0.717) is 17.9 Å². The monoisotopic (exact) mass is 195 g/mol. The van der Waals surface area contributed by atoms with Gasteiger partial charge in [0.1, 0.15) is 11.5 Å². The molecule has 0 aromatic heterocycles. The largest absolute Gasteiger partial charge is 0.507 e. The molecule has 0 spiro atoms. The minimum atomic E-state index is -0.234. The minimum Gasteiger partial charge on any atom is -0.507 e. The lowest BCUT2D eigenvalue weighted by Crippen LogP contribution is -2.21. The maximum atomic E-state index is 9.47. The van der Waals surface area contributed by atoms with E-state index in [1.807, 2.05) is 0 Å². The number of rotatable bonds is 1. The lowest BCUT2D eigenvalue weighted by atomic mass is 9.98. The second-order valence-corrected chi connectivity index (χ2v) is 3.38. The molecule has 0 amide bonds. The molecular weight excluding hydrogens is 182 g/mol. The standard InChI is InChI=1S/C10H13NO3/c11-8-3-4-14-10-6(8)1-2-9(13)7(10)5-12/h1-2,8,12-13H,3-5,11H2. The van der Waals surface area contributed by atoms with Crippen LogP contribution in [0.1, 0.15) is 23.6 Å². The third-order valence-corrected chi connectivity index (χ3v) is 2.50. The number of aliphatic hydroxyl groups is 1. The minimum absolute atomic E-state index is 0.0559. The van der Waals surface area contributed by atoms with Crippen LogP contribution in [0.3, 0.4) is 0 Å². The molecule has 0 saturated heterocycles. The number of fused-ring (bicyclic) bond motifs is 1. The van der Waals surface area contributed by atoms with Crippen molar-refractivity contribution < 1.29 is 14.9 Å². The van der Waals surface area contributed by atoms with Crippen LogP contribution in [0.4, 0.5) is 0 Å². The Bertz CT molecular complexity index is 351. The number of phenols is 1. The average Bonchev–Trinajstić information content (AvgIpc) is 2.18. The molecule has 1 aliphatic heterocycles. The fraction of sp³-hybridized carbons (Fsp3) is 0.400. The Kier molecular flexibility index (Phi) is 2.31. The zero-order valence-corrected chi connectivity index (χ0v) is 7.73. The van der Waals surface area contributed by atoms with Crippen molar-refractivity contribution in [2.75, 3.05) is 6.61 Å². The Morgan fingerprint density at radius 3 is 3.00 bits per heavy atom. The predicted molar refractivity (Wildman–Crippen MR) is 51.1 cm³/mol. The van der Waals surface area contributed by atoms with Gasteiger partial charge in [-0.3, -0.25) is 0 Å². The summed E-state index contributed by atoms with van der Waals surface area (Å²) >= 11 is 0. The molecule has 1 aliphatic rings. The van der Waals surface area contributed by atoms with Crippen LogP contribution in [0.25, 0.3) is 0 Å². The Morgan fingerprint density at radius 2 is 2.29 bits per heavy atom. The molecule has 0 aliphatic carbocycles. The van der Waals surface area contributed by atoms with Crippen molar-refractivity contribution in [3.63, 3.8) is 0 Å². The Hall–Kier alpha value is -1.26. The molecule has 1 heterocycles. The molecule has 14 heavy (non-hydrogen) atoms. The van der Waals surface area contributed by atoms with Crippen LogP contribution < -0.4 is 10.5 Å². The Morgan fingerprint density at radius 1 is 1.50 bits per heavy atom. The Balaban J connectivity index is 2.55. The van der Waals surface area contributed by atoms with Crippen LogP contribution in [0, 0.1) is 0 Å². The lowest BCUT2D eigenvalue weighted by Gasteiger charge is -2.25. The van der Waals surface area contributed by atoms with E-state index in [4.69, 9.17) is 15.6 Å². The maximum absolute atomic E-state index is 9.47. The number of hydrogen-bond donors (Lipinski definition) is 3. The predicted octanol–water partition coefficient (Wildman–Crippen LogP) is 0.667. The summed E-state index contributed by atoms with van der Waals surface area (Å²) in [7, 11) is 0. The van der Waals surface area contributed by atoms with E-state index >= 15 is 0 Å². The Labute approximate surface area is 81.9 Å². The third-order valence-electron chi connectivity index (χ3n) is 2.50. The third kappa shape index (κ3) is 1.32. The fourth-order valence-corrected chi connectivity index (χ4v) is 1.69. The molecule has 1 aromatic rings. The van der Waals surface area contributed by atoms with E-state index in [9.17, 15) is 5.11 Å². The van der Waals surface area contributed by atoms with Crippen molar-refractivity contribution in [1.29, 1.82) is 0 Å². The zero-order chi connectivity index (χ0) is 10.1. The van der Waals surface area contributed by atoms with Crippen molar-refractivity contribution >= 4 is 0 Å². The van der Waals surface area contributed by atoms with E-state index in [-0.39, 0.29) is 18.4 Å². The highest BCUT2D eigenvalue weighted by Crippen LogP contribution is 2.37. The van der Waals surface area contributed by atoms with Gasteiger partial charge in [-0.2, -0.15) is 0 Å². The topological polar surface area (TPSA) is 75.7 Å². The second kappa shape index (κ2) is 3.48. The molecule has 0 fully saturated rings. The number of nitrogens with two attached hydrogens (primary N) is 1. The van der Waals surface area contributed by atoms with E-state index in [1.54, 1.807) is 12.1 Å². The van der Waals surface area contributed by atoms with Gasteiger partial charge in [-0.25, -0.2) is 0 Å². The molecule has 1 unspecified atom stereocenters. The van der Waals surface area contributed by atoms with Gasteiger partial charge in [0, 0.05) is 18.0 Å². The number of hydrogen-bond acceptors (Lipinski definition) is 4. The summed E-state index contributed by atoms with van der Waals surface area (Å²) < 4.78 is 5.40. The summed E-state index contributed by atoms with van der Waals surface area (Å²) in [6, 6.07) is 3.22. The maximum Gasteiger partial charge on any atom is 0.133 e. The van der Waals surface area contributed by atoms with Crippen LogP contribution in [0.15, 0.2) is 12.1 Å². The molecule has 1 atom stereocenters. The first-order valence-electron chi connectivity index (χ1n) is 4.58. The highest BCUT2D eigenvalue weighted by atomic mass is 16.5. The summed E-state index contributed by atoms with van der Waals surface area (Å²) in [6.07, 6.45) is 0.767. The van der Waals surface area contributed by atoms with E-state index in [0.717, 1.165) is 12.0 Å². The van der Waals surface area contributed by atoms with Gasteiger partial charge >= 0.3 is 0 Å². The first kappa shape index (κ1) is 9.30. The molecule has 4 nitrogen and oxygen atoms in total. The molecule has 4 heteroatoms. The van der Waals surface area contributed by atoms with Crippen molar-refractivity contribution in [1.82, 2.24) is 0 Å². The molecule has 0 bridgehead atoms. The van der Waals surface area contributed by atoms with Crippen molar-refractivity contribution in [3.05, 3.63) is 23.3 Å². The van der Waals surface area contributed by atoms with Crippen molar-refractivity contribution in [2.45, 2.75) is 19.1 Å². The zero-order valence-electron chi connectivity index (χ0n) is 7.73. The van der Waals surface area contributed by atoms with E-state index in [1.165, 1.54) is 0 Å². The van der Waals surface area contributed by atoms with Crippen LogP contribution in [0.5, 0.6) is 11.5 Å². The van der Waals surface area contributed by atoms with Crippen LogP contribution in [-0.2, 0) is 6.61 Å². The first-order chi connectivity index (χ1) is 6.74. The van der Waals surface area contributed by atoms with Gasteiger partial charge in [-0.15, -0.1) is 0 Å². The molecule has 4 N–H and O–H groups in total.